The standard InChI is InChI=1S/C19H28N4O2S/c1-19(2,3)7-8-22-9-11-23(12-10-22)18-16-13-15(26(4,24)25)5-6-17(16)20-14-21-18/h5-6,13-14H,7-12H2,1-4H3. The third-order valence-electron chi connectivity index (χ3n) is 4.86. The van der Waals surface area contributed by atoms with E-state index in [2.05, 4.69) is 40.5 Å². The molecule has 0 radical (unpaired) electrons. The Hall–Kier alpha value is -1.73. The van der Waals surface area contributed by atoms with E-state index in [0.29, 0.717) is 10.3 Å². The first-order valence-electron chi connectivity index (χ1n) is 9.06. The van der Waals surface area contributed by atoms with Gasteiger partial charge in [-0.1, -0.05) is 20.8 Å². The number of rotatable bonds is 4. The Morgan fingerprint density at radius 1 is 1.08 bits per heavy atom. The summed E-state index contributed by atoms with van der Waals surface area (Å²) in [7, 11) is -3.25. The molecule has 7 heteroatoms. The van der Waals surface area contributed by atoms with Gasteiger partial charge in [0.15, 0.2) is 9.84 Å². The zero-order valence-corrected chi connectivity index (χ0v) is 16.9. The van der Waals surface area contributed by atoms with Gasteiger partial charge < -0.3 is 4.90 Å². The molecule has 0 bridgehead atoms. The molecule has 2 aromatic rings. The van der Waals surface area contributed by atoms with Crippen LogP contribution in [-0.4, -0.2) is 62.3 Å². The number of hydrogen-bond acceptors (Lipinski definition) is 6. The molecule has 0 spiro atoms. The highest BCUT2D eigenvalue weighted by atomic mass is 32.2. The van der Waals surface area contributed by atoms with Gasteiger partial charge in [0.1, 0.15) is 12.1 Å². The van der Waals surface area contributed by atoms with Crippen molar-refractivity contribution in [3.8, 4) is 0 Å². The molecule has 0 amide bonds. The van der Waals surface area contributed by atoms with Crippen LogP contribution in [0.2, 0.25) is 0 Å². The maximum atomic E-state index is 11.9. The fourth-order valence-electron chi connectivity index (χ4n) is 3.18. The largest absolute Gasteiger partial charge is 0.353 e. The van der Waals surface area contributed by atoms with Crippen LogP contribution in [0.5, 0.6) is 0 Å². The topological polar surface area (TPSA) is 66.4 Å². The molecule has 0 aliphatic carbocycles. The second-order valence-electron chi connectivity index (χ2n) is 8.29. The summed E-state index contributed by atoms with van der Waals surface area (Å²) >= 11 is 0. The Morgan fingerprint density at radius 3 is 2.38 bits per heavy atom. The van der Waals surface area contributed by atoms with E-state index in [-0.39, 0.29) is 0 Å². The molecule has 6 nitrogen and oxygen atoms in total. The van der Waals surface area contributed by atoms with Gasteiger partial charge in [0.05, 0.1) is 10.4 Å². The van der Waals surface area contributed by atoms with E-state index in [1.807, 2.05) is 0 Å². The number of aromatic nitrogens is 2. The van der Waals surface area contributed by atoms with Gasteiger partial charge in [0.25, 0.3) is 0 Å². The van der Waals surface area contributed by atoms with Crippen molar-refractivity contribution in [2.45, 2.75) is 32.1 Å². The van der Waals surface area contributed by atoms with Crippen LogP contribution in [0.3, 0.4) is 0 Å². The number of benzene rings is 1. The number of anilines is 1. The molecule has 26 heavy (non-hydrogen) atoms. The minimum atomic E-state index is -3.25. The van der Waals surface area contributed by atoms with E-state index in [1.165, 1.54) is 12.7 Å². The molecule has 1 aromatic carbocycles. The van der Waals surface area contributed by atoms with Gasteiger partial charge in [0, 0.05) is 37.8 Å². The molecular formula is C19H28N4O2S. The molecule has 1 fully saturated rings. The van der Waals surface area contributed by atoms with Gasteiger partial charge in [0.2, 0.25) is 0 Å². The molecule has 0 saturated carbocycles. The van der Waals surface area contributed by atoms with Gasteiger partial charge in [-0.3, -0.25) is 4.90 Å². The SMILES string of the molecule is CC(C)(C)CCN1CCN(c2ncnc3ccc(S(C)(=O)=O)cc23)CC1. The van der Waals surface area contributed by atoms with E-state index in [4.69, 9.17) is 0 Å². The molecular weight excluding hydrogens is 348 g/mol. The van der Waals surface area contributed by atoms with E-state index < -0.39 is 9.84 Å². The van der Waals surface area contributed by atoms with Gasteiger partial charge in [-0.2, -0.15) is 0 Å². The number of piperazine rings is 1. The van der Waals surface area contributed by atoms with E-state index in [0.717, 1.165) is 49.4 Å². The Bertz CT molecular complexity index is 882. The molecule has 1 aromatic heterocycles. The Morgan fingerprint density at radius 2 is 1.77 bits per heavy atom. The molecule has 3 rings (SSSR count). The van der Waals surface area contributed by atoms with Gasteiger partial charge >= 0.3 is 0 Å². The van der Waals surface area contributed by atoms with Crippen molar-refractivity contribution in [3.63, 3.8) is 0 Å². The molecule has 1 saturated heterocycles. The van der Waals surface area contributed by atoms with Crippen LogP contribution in [0.1, 0.15) is 27.2 Å². The minimum Gasteiger partial charge on any atom is -0.353 e. The molecule has 0 unspecified atom stereocenters. The van der Waals surface area contributed by atoms with Crippen LogP contribution in [0.4, 0.5) is 5.82 Å². The minimum absolute atomic E-state index is 0.310. The Balaban J connectivity index is 1.79. The highest BCUT2D eigenvalue weighted by molar-refractivity contribution is 7.90. The van der Waals surface area contributed by atoms with Crippen molar-refractivity contribution in [3.05, 3.63) is 24.5 Å². The molecule has 2 heterocycles. The Labute approximate surface area is 156 Å². The summed E-state index contributed by atoms with van der Waals surface area (Å²) in [6, 6.07) is 5.07. The number of nitrogens with zero attached hydrogens (tertiary/aromatic N) is 4. The van der Waals surface area contributed by atoms with Crippen LogP contribution in [0.25, 0.3) is 10.9 Å². The quantitative estimate of drug-likeness (QED) is 0.817. The second kappa shape index (κ2) is 7.12. The number of sulfone groups is 1. The highest BCUT2D eigenvalue weighted by Gasteiger charge is 2.22. The summed E-state index contributed by atoms with van der Waals surface area (Å²) in [5, 5.41) is 0.804. The first kappa shape index (κ1) is 19.0. The zero-order valence-electron chi connectivity index (χ0n) is 16.1. The smallest absolute Gasteiger partial charge is 0.175 e. The maximum Gasteiger partial charge on any atom is 0.175 e. The molecule has 0 N–H and O–H groups in total. The average Bonchev–Trinajstić information content (AvgIpc) is 2.58. The summed E-state index contributed by atoms with van der Waals surface area (Å²) < 4.78 is 23.8. The van der Waals surface area contributed by atoms with Crippen LogP contribution in [-0.2, 0) is 9.84 Å². The van der Waals surface area contributed by atoms with Crippen molar-refractivity contribution in [2.75, 3.05) is 43.9 Å². The van der Waals surface area contributed by atoms with Gasteiger partial charge in [-0.25, -0.2) is 18.4 Å². The van der Waals surface area contributed by atoms with Crippen LogP contribution in [0.15, 0.2) is 29.4 Å². The van der Waals surface area contributed by atoms with Gasteiger partial charge in [-0.15, -0.1) is 0 Å². The normalized spacial score (nSPS) is 17.0. The second-order valence-corrected chi connectivity index (χ2v) is 10.3. The highest BCUT2D eigenvalue weighted by Crippen LogP contribution is 2.27. The summed E-state index contributed by atoms with van der Waals surface area (Å²) in [4.78, 5) is 13.8. The molecule has 1 aliphatic heterocycles. The number of fused-ring (bicyclic) bond motifs is 1. The average molecular weight is 377 g/mol. The Kier molecular flexibility index (Phi) is 5.21. The van der Waals surface area contributed by atoms with Crippen LogP contribution >= 0.6 is 0 Å². The van der Waals surface area contributed by atoms with Crippen molar-refractivity contribution in [1.82, 2.24) is 14.9 Å². The zero-order chi connectivity index (χ0) is 18.9. The van der Waals surface area contributed by atoms with Gasteiger partial charge in [-0.05, 0) is 36.6 Å². The lowest BCUT2D eigenvalue weighted by molar-refractivity contribution is 0.217. The predicted molar refractivity (Wildman–Crippen MR) is 105 cm³/mol. The van der Waals surface area contributed by atoms with Crippen molar-refractivity contribution in [2.24, 2.45) is 5.41 Å². The van der Waals surface area contributed by atoms with Crippen molar-refractivity contribution in [1.29, 1.82) is 0 Å². The van der Waals surface area contributed by atoms with E-state index >= 15 is 0 Å². The summed E-state index contributed by atoms with van der Waals surface area (Å²) in [6.07, 6.45) is 3.97. The monoisotopic (exact) mass is 376 g/mol. The fraction of sp³-hybridized carbons (Fsp3) is 0.579. The third-order valence-corrected chi connectivity index (χ3v) is 5.97. The molecule has 0 atom stereocenters. The van der Waals surface area contributed by atoms with Crippen molar-refractivity contribution < 1.29 is 8.42 Å². The summed E-state index contributed by atoms with van der Waals surface area (Å²) in [5.41, 5.74) is 1.12. The third kappa shape index (κ3) is 4.51. The molecule has 142 valence electrons. The summed E-state index contributed by atoms with van der Waals surface area (Å²) in [5.74, 6) is 0.830. The van der Waals surface area contributed by atoms with Crippen molar-refractivity contribution >= 4 is 26.6 Å². The lowest BCUT2D eigenvalue weighted by Gasteiger charge is -2.36. The van der Waals surface area contributed by atoms with E-state index in [9.17, 15) is 8.42 Å². The summed E-state index contributed by atoms with van der Waals surface area (Å²) in [6.45, 7) is 11.7. The lowest BCUT2D eigenvalue weighted by atomic mass is 9.92. The fourth-order valence-corrected chi connectivity index (χ4v) is 3.83. The maximum absolute atomic E-state index is 11.9. The van der Waals surface area contributed by atoms with Crippen LogP contribution in [0, 0.1) is 5.41 Å². The molecule has 1 aliphatic rings. The predicted octanol–water partition coefficient (Wildman–Crippen LogP) is 2.59. The first-order valence-corrected chi connectivity index (χ1v) is 10.9. The van der Waals surface area contributed by atoms with E-state index in [1.54, 1.807) is 24.5 Å². The van der Waals surface area contributed by atoms with Crippen LogP contribution < -0.4 is 4.90 Å². The number of hydrogen-bond donors (Lipinski definition) is 0. The lowest BCUT2D eigenvalue weighted by Crippen LogP contribution is -2.47. The first-order chi connectivity index (χ1) is 12.1.